The third-order valence-corrected chi connectivity index (χ3v) is 4.75. The van der Waals surface area contributed by atoms with Crippen molar-refractivity contribution in [1.29, 1.82) is 0 Å². The molecule has 0 aliphatic carbocycles. The molecule has 1 heteroatoms. The number of rotatable bonds is 4. The standard InChI is InChI=1S/C20H27N/c1-7-17-10-8-9-11-18(17)20(21-6)19-15(4)13(2)12-14(3)16(19)5/h8-12,20-21H,7H2,1-6H3. The SMILES string of the molecule is CCc1ccccc1C(NC)c1c(C)c(C)cc(C)c1C. The van der Waals surface area contributed by atoms with E-state index in [2.05, 4.69) is 77.3 Å². The summed E-state index contributed by atoms with van der Waals surface area (Å²) in [6.07, 6.45) is 1.07. The van der Waals surface area contributed by atoms with E-state index in [1.165, 1.54) is 38.9 Å². The summed E-state index contributed by atoms with van der Waals surface area (Å²) < 4.78 is 0. The predicted octanol–water partition coefficient (Wildman–Crippen LogP) is 4.79. The predicted molar refractivity (Wildman–Crippen MR) is 92.1 cm³/mol. The summed E-state index contributed by atoms with van der Waals surface area (Å²) in [6, 6.07) is 11.3. The maximum absolute atomic E-state index is 3.55. The molecule has 0 aromatic heterocycles. The van der Waals surface area contributed by atoms with Crippen LogP contribution < -0.4 is 5.32 Å². The Labute approximate surface area is 129 Å². The van der Waals surface area contributed by atoms with Gasteiger partial charge in [-0.15, -0.1) is 0 Å². The second-order valence-corrected chi connectivity index (χ2v) is 5.95. The molecular weight excluding hydrogens is 254 g/mol. The fourth-order valence-corrected chi connectivity index (χ4v) is 3.27. The molecule has 2 aromatic carbocycles. The molecule has 112 valence electrons. The van der Waals surface area contributed by atoms with Crippen LogP contribution in [0.25, 0.3) is 0 Å². The van der Waals surface area contributed by atoms with Gasteiger partial charge in [0.1, 0.15) is 0 Å². The summed E-state index contributed by atoms with van der Waals surface area (Å²) in [7, 11) is 2.06. The van der Waals surface area contributed by atoms with Crippen molar-refractivity contribution in [3.05, 3.63) is 69.3 Å². The molecule has 0 bridgehead atoms. The molecule has 0 saturated carbocycles. The van der Waals surface area contributed by atoms with Crippen LogP contribution in [0.2, 0.25) is 0 Å². The van der Waals surface area contributed by atoms with Gasteiger partial charge in [0, 0.05) is 0 Å². The number of nitrogens with one attached hydrogen (secondary N) is 1. The quantitative estimate of drug-likeness (QED) is 0.849. The van der Waals surface area contributed by atoms with Crippen LogP contribution in [0.15, 0.2) is 30.3 Å². The fourth-order valence-electron chi connectivity index (χ4n) is 3.27. The molecule has 0 heterocycles. The lowest BCUT2D eigenvalue weighted by Gasteiger charge is -2.26. The highest BCUT2D eigenvalue weighted by molar-refractivity contribution is 5.50. The van der Waals surface area contributed by atoms with Crippen molar-refractivity contribution in [1.82, 2.24) is 5.32 Å². The van der Waals surface area contributed by atoms with E-state index in [9.17, 15) is 0 Å². The minimum absolute atomic E-state index is 0.264. The van der Waals surface area contributed by atoms with E-state index in [-0.39, 0.29) is 6.04 Å². The van der Waals surface area contributed by atoms with Crippen LogP contribution in [0.5, 0.6) is 0 Å². The van der Waals surface area contributed by atoms with E-state index >= 15 is 0 Å². The second kappa shape index (κ2) is 6.44. The molecule has 0 spiro atoms. The molecule has 2 rings (SSSR count). The molecular formula is C20H27N. The summed E-state index contributed by atoms with van der Waals surface area (Å²) >= 11 is 0. The average molecular weight is 281 g/mol. The molecule has 0 fully saturated rings. The summed E-state index contributed by atoms with van der Waals surface area (Å²) in [5, 5.41) is 3.55. The van der Waals surface area contributed by atoms with Crippen LogP contribution in [0.4, 0.5) is 0 Å². The van der Waals surface area contributed by atoms with Crippen LogP contribution in [0.3, 0.4) is 0 Å². The van der Waals surface area contributed by atoms with Crippen molar-refractivity contribution in [3.8, 4) is 0 Å². The van der Waals surface area contributed by atoms with Gasteiger partial charge in [-0.1, -0.05) is 37.3 Å². The Bertz CT molecular complexity index is 614. The van der Waals surface area contributed by atoms with Crippen LogP contribution >= 0.6 is 0 Å². The van der Waals surface area contributed by atoms with Crippen molar-refractivity contribution < 1.29 is 0 Å². The van der Waals surface area contributed by atoms with Crippen LogP contribution in [0.1, 0.15) is 51.9 Å². The zero-order valence-electron chi connectivity index (χ0n) is 14.2. The molecule has 21 heavy (non-hydrogen) atoms. The second-order valence-electron chi connectivity index (χ2n) is 5.95. The molecule has 1 N–H and O–H groups in total. The monoisotopic (exact) mass is 281 g/mol. The maximum atomic E-state index is 3.55. The first kappa shape index (κ1) is 15.8. The van der Waals surface area contributed by atoms with E-state index < -0.39 is 0 Å². The van der Waals surface area contributed by atoms with Gasteiger partial charge in [0.15, 0.2) is 0 Å². The Morgan fingerprint density at radius 1 is 0.952 bits per heavy atom. The number of hydrogen-bond acceptors (Lipinski definition) is 1. The average Bonchev–Trinajstić information content (AvgIpc) is 2.49. The van der Waals surface area contributed by atoms with Crippen molar-refractivity contribution in [2.75, 3.05) is 7.05 Å². The molecule has 0 radical (unpaired) electrons. The van der Waals surface area contributed by atoms with Gasteiger partial charge >= 0.3 is 0 Å². The minimum atomic E-state index is 0.264. The van der Waals surface area contributed by atoms with E-state index in [4.69, 9.17) is 0 Å². The summed E-state index contributed by atoms with van der Waals surface area (Å²) in [6.45, 7) is 11.1. The van der Waals surface area contributed by atoms with E-state index in [1.807, 2.05) is 0 Å². The summed E-state index contributed by atoms with van der Waals surface area (Å²) in [5.41, 5.74) is 9.83. The van der Waals surface area contributed by atoms with Crippen LogP contribution in [0, 0.1) is 27.7 Å². The van der Waals surface area contributed by atoms with Crippen LogP contribution in [-0.2, 0) is 6.42 Å². The van der Waals surface area contributed by atoms with Gasteiger partial charge in [-0.3, -0.25) is 0 Å². The molecule has 1 atom stereocenters. The van der Waals surface area contributed by atoms with Crippen molar-refractivity contribution in [2.45, 2.75) is 47.1 Å². The van der Waals surface area contributed by atoms with Crippen LogP contribution in [-0.4, -0.2) is 7.05 Å². The lowest BCUT2D eigenvalue weighted by Crippen LogP contribution is -2.22. The molecule has 1 unspecified atom stereocenters. The maximum Gasteiger partial charge on any atom is 0.0582 e. The van der Waals surface area contributed by atoms with E-state index in [0.29, 0.717) is 0 Å². The van der Waals surface area contributed by atoms with Crippen molar-refractivity contribution in [2.24, 2.45) is 0 Å². The largest absolute Gasteiger partial charge is 0.309 e. The smallest absolute Gasteiger partial charge is 0.0582 e. The minimum Gasteiger partial charge on any atom is -0.309 e. The van der Waals surface area contributed by atoms with Gasteiger partial charge in [-0.2, -0.15) is 0 Å². The molecule has 0 saturated heterocycles. The van der Waals surface area contributed by atoms with Gasteiger partial charge in [0.05, 0.1) is 6.04 Å². The Balaban J connectivity index is 2.68. The van der Waals surface area contributed by atoms with Gasteiger partial charge < -0.3 is 5.32 Å². The zero-order chi connectivity index (χ0) is 15.6. The third-order valence-electron chi connectivity index (χ3n) is 4.75. The number of aryl methyl sites for hydroxylation is 3. The summed E-state index contributed by atoms with van der Waals surface area (Å²) in [5.74, 6) is 0. The lowest BCUT2D eigenvalue weighted by molar-refractivity contribution is 0.674. The van der Waals surface area contributed by atoms with Gasteiger partial charge in [0.25, 0.3) is 0 Å². The van der Waals surface area contributed by atoms with Crippen molar-refractivity contribution >= 4 is 0 Å². The first-order valence-corrected chi connectivity index (χ1v) is 7.83. The molecule has 0 amide bonds. The highest BCUT2D eigenvalue weighted by Crippen LogP contribution is 2.32. The zero-order valence-corrected chi connectivity index (χ0v) is 14.2. The normalized spacial score (nSPS) is 12.5. The van der Waals surface area contributed by atoms with E-state index in [1.54, 1.807) is 0 Å². The molecule has 0 aliphatic rings. The topological polar surface area (TPSA) is 12.0 Å². The first-order chi connectivity index (χ1) is 10.0. The first-order valence-electron chi connectivity index (χ1n) is 7.83. The summed E-state index contributed by atoms with van der Waals surface area (Å²) in [4.78, 5) is 0. The molecule has 2 aromatic rings. The third kappa shape index (κ3) is 2.89. The van der Waals surface area contributed by atoms with Gasteiger partial charge in [0.2, 0.25) is 0 Å². The fraction of sp³-hybridized carbons (Fsp3) is 0.400. The highest BCUT2D eigenvalue weighted by atomic mass is 14.9. The Kier molecular flexibility index (Phi) is 4.84. The lowest BCUT2D eigenvalue weighted by atomic mass is 9.85. The number of hydrogen-bond donors (Lipinski definition) is 1. The molecule has 0 aliphatic heterocycles. The van der Waals surface area contributed by atoms with Crippen molar-refractivity contribution in [3.63, 3.8) is 0 Å². The van der Waals surface area contributed by atoms with Gasteiger partial charge in [-0.25, -0.2) is 0 Å². The Morgan fingerprint density at radius 3 is 2.05 bits per heavy atom. The Hall–Kier alpha value is -1.60. The van der Waals surface area contributed by atoms with Gasteiger partial charge in [-0.05, 0) is 80.1 Å². The Morgan fingerprint density at radius 2 is 1.52 bits per heavy atom. The van der Waals surface area contributed by atoms with E-state index in [0.717, 1.165) is 6.42 Å². The molecule has 1 nitrogen and oxygen atoms in total. The number of benzene rings is 2. The highest BCUT2D eigenvalue weighted by Gasteiger charge is 2.20.